The molecule has 0 radical (unpaired) electrons. The number of nitrogens with one attached hydrogen (secondary N) is 1. The molecule has 0 spiro atoms. The lowest BCUT2D eigenvalue weighted by Gasteiger charge is -2.20. The maximum absolute atomic E-state index is 12.0. The molecule has 0 aliphatic heterocycles. The van der Waals surface area contributed by atoms with E-state index in [-0.39, 0.29) is 18.9 Å². The van der Waals surface area contributed by atoms with E-state index in [2.05, 4.69) is 11.9 Å². The van der Waals surface area contributed by atoms with Gasteiger partial charge in [0.1, 0.15) is 0 Å². The zero-order valence-electron chi connectivity index (χ0n) is 14.1. The standard InChI is InChI=1S/C18H21BN2O4/c1-3-18(23)21(2)12-17(22)20-16(19(24)25)11-13-8-9-14-6-4-5-7-15(14)10-13/h3-10,16,24-25H,1,11-12H2,2H3,(H,20,22)/t16-/m0/s1. The van der Waals surface area contributed by atoms with E-state index in [1.807, 2.05) is 42.5 Å². The Hall–Kier alpha value is -2.64. The van der Waals surface area contributed by atoms with Gasteiger partial charge >= 0.3 is 7.12 Å². The number of likely N-dealkylation sites (N-methyl/N-ethyl adjacent to an activating group) is 1. The molecule has 0 aliphatic rings. The third kappa shape index (κ3) is 5.17. The largest absolute Gasteiger partial charge is 0.475 e. The van der Waals surface area contributed by atoms with Crippen molar-refractivity contribution in [3.63, 3.8) is 0 Å². The van der Waals surface area contributed by atoms with Crippen molar-refractivity contribution in [2.75, 3.05) is 13.6 Å². The quantitative estimate of drug-likeness (QED) is 0.506. The van der Waals surface area contributed by atoms with E-state index in [1.54, 1.807) is 0 Å². The zero-order valence-corrected chi connectivity index (χ0v) is 14.1. The van der Waals surface area contributed by atoms with Crippen LogP contribution in [-0.2, 0) is 16.0 Å². The molecule has 6 nitrogen and oxygen atoms in total. The van der Waals surface area contributed by atoms with Crippen LogP contribution in [-0.4, -0.2) is 53.4 Å². The number of hydrogen-bond donors (Lipinski definition) is 3. The van der Waals surface area contributed by atoms with Crippen molar-refractivity contribution in [3.8, 4) is 0 Å². The molecule has 0 saturated carbocycles. The molecule has 0 saturated heterocycles. The molecule has 2 rings (SSSR count). The summed E-state index contributed by atoms with van der Waals surface area (Å²) in [6, 6.07) is 13.6. The van der Waals surface area contributed by atoms with Crippen LogP contribution in [0.15, 0.2) is 55.1 Å². The Kier molecular flexibility index (Phi) is 6.33. The number of rotatable bonds is 7. The topological polar surface area (TPSA) is 89.9 Å². The average Bonchev–Trinajstić information content (AvgIpc) is 2.60. The molecule has 2 aromatic carbocycles. The van der Waals surface area contributed by atoms with Crippen LogP contribution in [0, 0.1) is 0 Å². The summed E-state index contributed by atoms with van der Waals surface area (Å²) in [4.78, 5) is 24.6. The Morgan fingerprint density at radius 3 is 2.56 bits per heavy atom. The molecule has 2 aromatic rings. The smallest absolute Gasteiger partial charge is 0.426 e. The van der Waals surface area contributed by atoms with Gasteiger partial charge in [-0.2, -0.15) is 0 Å². The number of amides is 2. The van der Waals surface area contributed by atoms with Gasteiger partial charge in [-0.05, 0) is 28.8 Å². The van der Waals surface area contributed by atoms with Crippen LogP contribution in [0.3, 0.4) is 0 Å². The van der Waals surface area contributed by atoms with Crippen molar-refractivity contribution >= 4 is 29.7 Å². The van der Waals surface area contributed by atoms with E-state index < -0.39 is 19.0 Å². The second kappa shape index (κ2) is 8.46. The average molecular weight is 340 g/mol. The first-order valence-electron chi connectivity index (χ1n) is 7.91. The van der Waals surface area contributed by atoms with Gasteiger partial charge in [0.05, 0.1) is 12.5 Å². The van der Waals surface area contributed by atoms with Gasteiger partial charge < -0.3 is 20.3 Å². The highest BCUT2D eigenvalue weighted by molar-refractivity contribution is 6.43. The minimum Gasteiger partial charge on any atom is -0.426 e. The highest BCUT2D eigenvalue weighted by Crippen LogP contribution is 2.16. The van der Waals surface area contributed by atoms with E-state index in [0.29, 0.717) is 0 Å². The zero-order chi connectivity index (χ0) is 18.4. The minimum absolute atomic E-state index is 0.189. The molecule has 0 fully saturated rings. The van der Waals surface area contributed by atoms with E-state index in [1.165, 1.54) is 11.9 Å². The number of benzene rings is 2. The summed E-state index contributed by atoms with van der Waals surface area (Å²) in [7, 11) is -0.243. The molecule has 25 heavy (non-hydrogen) atoms. The number of hydrogen-bond acceptors (Lipinski definition) is 4. The third-order valence-electron chi connectivity index (χ3n) is 3.91. The molecule has 3 N–H and O–H groups in total. The lowest BCUT2D eigenvalue weighted by atomic mass is 9.75. The van der Waals surface area contributed by atoms with Gasteiger partial charge in [0, 0.05) is 7.05 Å². The van der Waals surface area contributed by atoms with Gasteiger partial charge in [-0.25, -0.2) is 0 Å². The Labute approximate surface area is 146 Å². The van der Waals surface area contributed by atoms with Crippen LogP contribution in [0.1, 0.15) is 5.56 Å². The maximum Gasteiger partial charge on any atom is 0.475 e. The fourth-order valence-electron chi connectivity index (χ4n) is 2.55. The van der Waals surface area contributed by atoms with Gasteiger partial charge in [0.2, 0.25) is 11.8 Å². The number of carbonyl (C=O) groups is 2. The van der Waals surface area contributed by atoms with Crippen LogP contribution in [0.25, 0.3) is 10.8 Å². The Balaban J connectivity index is 2.05. The second-order valence-electron chi connectivity index (χ2n) is 5.87. The van der Waals surface area contributed by atoms with E-state index in [0.717, 1.165) is 22.4 Å². The molecule has 2 amide bonds. The lowest BCUT2D eigenvalue weighted by molar-refractivity contribution is -0.131. The van der Waals surface area contributed by atoms with Crippen LogP contribution in [0.4, 0.5) is 0 Å². The number of carbonyl (C=O) groups excluding carboxylic acids is 2. The minimum atomic E-state index is -1.71. The fraction of sp³-hybridized carbons (Fsp3) is 0.222. The highest BCUT2D eigenvalue weighted by atomic mass is 16.4. The molecule has 0 heterocycles. The fourth-order valence-corrected chi connectivity index (χ4v) is 2.55. The van der Waals surface area contributed by atoms with E-state index >= 15 is 0 Å². The van der Waals surface area contributed by atoms with Crippen LogP contribution < -0.4 is 5.32 Å². The summed E-state index contributed by atoms with van der Waals surface area (Å²) in [6.45, 7) is 3.17. The Bertz CT molecular complexity index is 779. The second-order valence-corrected chi connectivity index (χ2v) is 5.87. The van der Waals surface area contributed by atoms with Crippen molar-refractivity contribution in [1.82, 2.24) is 10.2 Å². The van der Waals surface area contributed by atoms with Crippen LogP contribution in [0.5, 0.6) is 0 Å². The van der Waals surface area contributed by atoms with E-state index in [9.17, 15) is 19.6 Å². The number of fused-ring (bicyclic) bond motifs is 1. The van der Waals surface area contributed by atoms with E-state index in [4.69, 9.17) is 0 Å². The first-order valence-corrected chi connectivity index (χ1v) is 7.91. The van der Waals surface area contributed by atoms with Gasteiger partial charge in [0.25, 0.3) is 0 Å². The number of nitrogens with zero attached hydrogens (tertiary/aromatic N) is 1. The summed E-state index contributed by atoms with van der Waals surface area (Å²) < 4.78 is 0. The first-order chi connectivity index (χ1) is 11.9. The van der Waals surface area contributed by atoms with Crippen molar-refractivity contribution in [2.24, 2.45) is 0 Å². The lowest BCUT2D eigenvalue weighted by Crippen LogP contribution is -2.50. The normalized spacial score (nSPS) is 11.6. The van der Waals surface area contributed by atoms with Gasteiger partial charge in [0.15, 0.2) is 0 Å². The first kappa shape index (κ1) is 18.7. The van der Waals surface area contributed by atoms with Gasteiger partial charge in [-0.1, -0.05) is 49.0 Å². The van der Waals surface area contributed by atoms with Crippen LogP contribution >= 0.6 is 0 Å². The van der Waals surface area contributed by atoms with Crippen molar-refractivity contribution in [1.29, 1.82) is 0 Å². The van der Waals surface area contributed by atoms with Crippen LogP contribution in [0.2, 0.25) is 0 Å². The predicted molar refractivity (Wildman–Crippen MR) is 97.6 cm³/mol. The molecular formula is C18H21BN2O4. The molecule has 0 unspecified atom stereocenters. The molecule has 0 bridgehead atoms. The Morgan fingerprint density at radius 1 is 1.24 bits per heavy atom. The summed E-state index contributed by atoms with van der Waals surface area (Å²) in [5.41, 5.74) is 0.868. The summed E-state index contributed by atoms with van der Waals surface area (Å²) in [6.07, 6.45) is 1.37. The maximum atomic E-state index is 12.0. The molecule has 7 heteroatoms. The predicted octanol–water partition coefficient (Wildman–Crippen LogP) is 0.523. The molecular weight excluding hydrogens is 319 g/mol. The summed E-state index contributed by atoms with van der Waals surface area (Å²) in [5.74, 6) is -1.73. The Morgan fingerprint density at radius 2 is 1.92 bits per heavy atom. The molecule has 0 aromatic heterocycles. The molecule has 130 valence electrons. The monoisotopic (exact) mass is 340 g/mol. The van der Waals surface area contributed by atoms with Gasteiger partial charge in [-0.15, -0.1) is 0 Å². The van der Waals surface area contributed by atoms with Crippen molar-refractivity contribution < 1.29 is 19.6 Å². The highest BCUT2D eigenvalue weighted by Gasteiger charge is 2.26. The van der Waals surface area contributed by atoms with Crippen molar-refractivity contribution in [3.05, 3.63) is 60.7 Å². The molecule has 1 atom stereocenters. The third-order valence-corrected chi connectivity index (χ3v) is 3.91. The molecule has 0 aliphatic carbocycles. The summed E-state index contributed by atoms with van der Waals surface area (Å²) >= 11 is 0. The summed E-state index contributed by atoms with van der Waals surface area (Å²) in [5, 5.41) is 23.8. The van der Waals surface area contributed by atoms with Crippen molar-refractivity contribution in [2.45, 2.75) is 12.4 Å². The van der Waals surface area contributed by atoms with Gasteiger partial charge in [-0.3, -0.25) is 9.59 Å². The SMILES string of the molecule is C=CC(=O)N(C)CC(=O)N[C@@H](Cc1ccc2ccccc2c1)B(O)O.